The third-order valence-electron chi connectivity index (χ3n) is 5.35. The molecule has 1 heterocycles. The van der Waals surface area contributed by atoms with Crippen molar-refractivity contribution >= 4 is 11.9 Å². The maximum atomic E-state index is 12.4. The third-order valence-corrected chi connectivity index (χ3v) is 5.35. The van der Waals surface area contributed by atoms with Gasteiger partial charge >= 0.3 is 5.97 Å². The highest BCUT2D eigenvalue weighted by Crippen LogP contribution is 2.39. The summed E-state index contributed by atoms with van der Waals surface area (Å²) >= 11 is 0. The van der Waals surface area contributed by atoms with Crippen molar-refractivity contribution in [2.45, 2.75) is 65.2 Å². The van der Waals surface area contributed by atoms with Crippen molar-refractivity contribution in [3.05, 3.63) is 0 Å². The molecule has 0 unspecified atom stereocenters. The quantitative estimate of drug-likeness (QED) is 0.865. The molecule has 1 amide bonds. The van der Waals surface area contributed by atoms with Crippen LogP contribution in [0.3, 0.4) is 0 Å². The number of carbonyl (C=O) groups is 2. The fourth-order valence-corrected chi connectivity index (χ4v) is 3.67. The summed E-state index contributed by atoms with van der Waals surface area (Å²) in [6.07, 6.45) is 7.44. The number of amides is 1. The summed E-state index contributed by atoms with van der Waals surface area (Å²) in [5.74, 6) is 0.377. The van der Waals surface area contributed by atoms with Crippen LogP contribution in [0.4, 0.5) is 0 Å². The standard InChI is InChI=1S/C17H29NO3/c1-17(2)7-3-13(4-8-17)11-15(19)18-9-5-14(6-10-18)12-16(20)21/h13-14H,3-12H2,1-2H3,(H,20,21). The van der Waals surface area contributed by atoms with Gasteiger partial charge in [0.25, 0.3) is 0 Å². The number of carboxylic acids is 1. The predicted octanol–water partition coefficient (Wildman–Crippen LogP) is 3.31. The summed E-state index contributed by atoms with van der Waals surface area (Å²) in [7, 11) is 0. The smallest absolute Gasteiger partial charge is 0.303 e. The lowest BCUT2D eigenvalue weighted by Gasteiger charge is -2.36. The van der Waals surface area contributed by atoms with E-state index in [4.69, 9.17) is 5.11 Å². The SMILES string of the molecule is CC1(C)CCC(CC(=O)N2CCC(CC(=O)O)CC2)CC1. The number of nitrogens with zero attached hydrogens (tertiary/aromatic N) is 1. The van der Waals surface area contributed by atoms with Crippen molar-refractivity contribution in [3.8, 4) is 0 Å². The summed E-state index contributed by atoms with van der Waals surface area (Å²) < 4.78 is 0. The van der Waals surface area contributed by atoms with Crippen molar-refractivity contribution in [1.82, 2.24) is 4.90 Å². The highest BCUT2D eigenvalue weighted by molar-refractivity contribution is 5.76. The number of likely N-dealkylation sites (tertiary alicyclic amines) is 1. The zero-order chi connectivity index (χ0) is 15.5. The Hall–Kier alpha value is -1.06. The number of carbonyl (C=O) groups excluding carboxylic acids is 1. The van der Waals surface area contributed by atoms with Crippen molar-refractivity contribution < 1.29 is 14.7 Å². The van der Waals surface area contributed by atoms with Gasteiger partial charge in [-0.1, -0.05) is 13.8 Å². The number of hydrogen-bond donors (Lipinski definition) is 1. The monoisotopic (exact) mass is 295 g/mol. The van der Waals surface area contributed by atoms with Crippen molar-refractivity contribution in [2.75, 3.05) is 13.1 Å². The van der Waals surface area contributed by atoms with Crippen LogP contribution in [-0.4, -0.2) is 35.0 Å². The van der Waals surface area contributed by atoms with Crippen LogP contribution < -0.4 is 0 Å². The molecule has 1 saturated heterocycles. The van der Waals surface area contributed by atoms with E-state index in [0.717, 1.165) is 25.9 Å². The Kier molecular flexibility index (Phi) is 5.28. The lowest BCUT2D eigenvalue weighted by Crippen LogP contribution is -2.40. The van der Waals surface area contributed by atoms with Gasteiger partial charge in [0.15, 0.2) is 0 Å². The first-order valence-corrected chi connectivity index (χ1v) is 8.35. The molecule has 0 radical (unpaired) electrons. The molecule has 1 saturated carbocycles. The average molecular weight is 295 g/mol. The van der Waals surface area contributed by atoms with Gasteiger partial charge in [0, 0.05) is 25.9 Å². The normalized spacial score (nSPS) is 24.0. The topological polar surface area (TPSA) is 57.6 Å². The first kappa shape index (κ1) is 16.3. The van der Waals surface area contributed by atoms with Gasteiger partial charge in [-0.3, -0.25) is 9.59 Å². The molecule has 0 aromatic carbocycles. The van der Waals surface area contributed by atoms with E-state index in [0.29, 0.717) is 17.8 Å². The van der Waals surface area contributed by atoms with Gasteiger partial charge in [0.1, 0.15) is 0 Å². The Labute approximate surface area is 127 Å². The molecular formula is C17H29NO3. The summed E-state index contributed by atoms with van der Waals surface area (Å²) in [5.41, 5.74) is 0.453. The fraction of sp³-hybridized carbons (Fsp3) is 0.882. The molecule has 2 rings (SSSR count). The second kappa shape index (κ2) is 6.80. The largest absolute Gasteiger partial charge is 0.481 e. The van der Waals surface area contributed by atoms with Crippen LogP contribution in [0, 0.1) is 17.3 Å². The highest BCUT2D eigenvalue weighted by atomic mass is 16.4. The molecular weight excluding hydrogens is 266 g/mol. The van der Waals surface area contributed by atoms with Crippen LogP contribution in [0.1, 0.15) is 65.2 Å². The molecule has 4 nitrogen and oxygen atoms in total. The van der Waals surface area contributed by atoms with Crippen LogP contribution >= 0.6 is 0 Å². The number of aliphatic carboxylic acids is 1. The van der Waals surface area contributed by atoms with Crippen molar-refractivity contribution in [2.24, 2.45) is 17.3 Å². The Morgan fingerprint density at radius 1 is 1.00 bits per heavy atom. The lowest BCUT2D eigenvalue weighted by atomic mass is 9.72. The molecule has 4 heteroatoms. The van der Waals surface area contributed by atoms with E-state index < -0.39 is 5.97 Å². The zero-order valence-corrected chi connectivity index (χ0v) is 13.4. The van der Waals surface area contributed by atoms with Crippen molar-refractivity contribution in [1.29, 1.82) is 0 Å². The molecule has 120 valence electrons. The minimum atomic E-state index is -0.718. The number of rotatable bonds is 4. The van der Waals surface area contributed by atoms with Crippen LogP contribution in [0.25, 0.3) is 0 Å². The summed E-state index contributed by atoms with van der Waals surface area (Å²) in [4.78, 5) is 25.0. The minimum Gasteiger partial charge on any atom is -0.481 e. The lowest BCUT2D eigenvalue weighted by molar-refractivity contribution is -0.138. The highest BCUT2D eigenvalue weighted by Gasteiger charge is 2.30. The summed E-state index contributed by atoms with van der Waals surface area (Å²) in [6.45, 7) is 6.13. The van der Waals surface area contributed by atoms with Crippen LogP contribution in [0.15, 0.2) is 0 Å². The van der Waals surface area contributed by atoms with Crippen molar-refractivity contribution in [3.63, 3.8) is 0 Å². The van der Waals surface area contributed by atoms with E-state index in [1.165, 1.54) is 25.7 Å². The Morgan fingerprint density at radius 2 is 1.52 bits per heavy atom. The fourth-order valence-electron chi connectivity index (χ4n) is 3.67. The van der Waals surface area contributed by atoms with Gasteiger partial charge in [-0.2, -0.15) is 0 Å². The van der Waals surface area contributed by atoms with Crippen LogP contribution in [-0.2, 0) is 9.59 Å². The van der Waals surface area contributed by atoms with Gasteiger partial charge in [-0.05, 0) is 55.8 Å². The number of piperidine rings is 1. The second-order valence-corrected chi connectivity index (χ2v) is 7.73. The van der Waals surface area contributed by atoms with Crippen LogP contribution in [0.5, 0.6) is 0 Å². The molecule has 21 heavy (non-hydrogen) atoms. The van der Waals surface area contributed by atoms with Gasteiger partial charge in [-0.15, -0.1) is 0 Å². The first-order valence-electron chi connectivity index (χ1n) is 8.35. The molecule has 1 aliphatic carbocycles. The van der Waals surface area contributed by atoms with Crippen LogP contribution in [0.2, 0.25) is 0 Å². The molecule has 0 aromatic heterocycles. The maximum absolute atomic E-state index is 12.4. The second-order valence-electron chi connectivity index (χ2n) is 7.73. The minimum absolute atomic E-state index is 0.250. The number of carboxylic acid groups (broad SMARTS) is 1. The average Bonchev–Trinajstić information content (AvgIpc) is 2.41. The van der Waals surface area contributed by atoms with E-state index in [1.807, 2.05) is 4.90 Å². The van der Waals surface area contributed by atoms with E-state index >= 15 is 0 Å². The van der Waals surface area contributed by atoms with E-state index in [1.54, 1.807) is 0 Å². The molecule has 1 aliphatic heterocycles. The molecule has 0 spiro atoms. The first-order chi connectivity index (χ1) is 9.85. The van der Waals surface area contributed by atoms with E-state index in [9.17, 15) is 9.59 Å². The molecule has 1 N–H and O–H groups in total. The predicted molar refractivity (Wildman–Crippen MR) is 81.9 cm³/mol. The van der Waals surface area contributed by atoms with Gasteiger partial charge in [0.2, 0.25) is 5.91 Å². The third kappa shape index (κ3) is 5.01. The van der Waals surface area contributed by atoms with Gasteiger partial charge in [0.05, 0.1) is 0 Å². The molecule has 0 bridgehead atoms. The summed E-state index contributed by atoms with van der Waals surface area (Å²) in [6, 6.07) is 0. The maximum Gasteiger partial charge on any atom is 0.303 e. The zero-order valence-electron chi connectivity index (χ0n) is 13.4. The number of hydrogen-bond acceptors (Lipinski definition) is 2. The Morgan fingerprint density at radius 3 is 2.05 bits per heavy atom. The Bertz CT molecular complexity index is 373. The molecule has 2 aliphatic rings. The van der Waals surface area contributed by atoms with Gasteiger partial charge < -0.3 is 10.0 Å². The molecule has 2 fully saturated rings. The molecule has 0 atom stereocenters. The van der Waals surface area contributed by atoms with E-state index in [2.05, 4.69) is 13.8 Å². The summed E-state index contributed by atoms with van der Waals surface area (Å²) in [5, 5.41) is 8.82. The van der Waals surface area contributed by atoms with E-state index in [-0.39, 0.29) is 18.2 Å². The Balaban J connectivity index is 1.71. The molecule has 0 aromatic rings. The van der Waals surface area contributed by atoms with Gasteiger partial charge in [-0.25, -0.2) is 0 Å².